The van der Waals surface area contributed by atoms with Gasteiger partial charge in [-0.2, -0.15) is 0 Å². The highest BCUT2D eigenvalue weighted by Gasteiger charge is 2.42. The Labute approximate surface area is 183 Å². The Balaban J connectivity index is 1.83. The number of amides is 1. The molecule has 4 rings (SSSR count). The summed E-state index contributed by atoms with van der Waals surface area (Å²) in [6, 6.07) is 21.3. The molecule has 0 saturated heterocycles. The molecule has 1 aliphatic rings. The molecule has 1 aliphatic carbocycles. The van der Waals surface area contributed by atoms with Gasteiger partial charge < -0.3 is 9.84 Å². The summed E-state index contributed by atoms with van der Waals surface area (Å²) in [4.78, 5) is 26.7. The van der Waals surface area contributed by atoms with Gasteiger partial charge >= 0.3 is 12.1 Å². The molecule has 0 heterocycles. The van der Waals surface area contributed by atoms with Crippen molar-refractivity contribution in [3.05, 3.63) is 94.0 Å². The Morgan fingerprint density at radius 3 is 2.00 bits per heavy atom. The van der Waals surface area contributed by atoms with E-state index in [4.69, 9.17) is 4.74 Å². The highest BCUT2D eigenvalue weighted by atomic mass is 79.9. The number of methoxy groups -OCH3 is 1. The van der Waals surface area contributed by atoms with E-state index in [0.717, 1.165) is 32.3 Å². The number of aliphatic carboxylic acids is 1. The fourth-order valence-electron chi connectivity index (χ4n) is 4.10. The molecule has 0 aromatic heterocycles. The second kappa shape index (κ2) is 8.32. The lowest BCUT2D eigenvalue weighted by molar-refractivity contribution is -0.143. The molecular weight excluding hydrogens is 446 g/mol. The molecule has 0 saturated carbocycles. The Morgan fingerprint density at radius 2 is 1.50 bits per heavy atom. The summed E-state index contributed by atoms with van der Waals surface area (Å²) < 4.78 is 5.96. The number of carboxylic acids is 1. The molecule has 0 aliphatic heterocycles. The van der Waals surface area contributed by atoms with Gasteiger partial charge in [0.25, 0.3) is 0 Å². The molecule has 1 atom stereocenters. The van der Waals surface area contributed by atoms with E-state index in [9.17, 15) is 14.7 Å². The van der Waals surface area contributed by atoms with Gasteiger partial charge in [0.2, 0.25) is 0 Å². The van der Waals surface area contributed by atoms with Crippen LogP contribution in [-0.4, -0.2) is 35.2 Å². The topological polar surface area (TPSA) is 66.8 Å². The lowest BCUT2D eigenvalue weighted by atomic mass is 9.98. The third-order valence-electron chi connectivity index (χ3n) is 5.43. The summed E-state index contributed by atoms with van der Waals surface area (Å²) in [5, 5.41) is 10.1. The lowest BCUT2D eigenvalue weighted by Crippen LogP contribution is -2.48. The Morgan fingerprint density at radius 1 is 0.967 bits per heavy atom. The van der Waals surface area contributed by atoms with Crippen LogP contribution in [0.4, 0.5) is 4.79 Å². The van der Waals surface area contributed by atoms with Crippen molar-refractivity contribution in [1.82, 2.24) is 4.90 Å². The van der Waals surface area contributed by atoms with E-state index in [1.165, 1.54) is 12.0 Å². The summed E-state index contributed by atoms with van der Waals surface area (Å²) in [5.41, 5.74) is 4.61. The van der Waals surface area contributed by atoms with E-state index in [1.807, 2.05) is 72.8 Å². The molecule has 3 aromatic carbocycles. The number of carbonyl (C=O) groups excluding carboxylic acids is 1. The van der Waals surface area contributed by atoms with Crippen LogP contribution in [0.1, 0.15) is 22.7 Å². The molecule has 0 radical (unpaired) electrons. The minimum atomic E-state index is -1.09. The quantitative estimate of drug-likeness (QED) is 0.556. The van der Waals surface area contributed by atoms with Gasteiger partial charge in [0.05, 0.1) is 13.2 Å². The zero-order chi connectivity index (χ0) is 21.3. The van der Waals surface area contributed by atoms with Gasteiger partial charge in [-0.1, -0.05) is 76.6 Å². The number of hydrogen-bond acceptors (Lipinski definition) is 3. The highest BCUT2D eigenvalue weighted by molar-refractivity contribution is 9.10. The summed E-state index contributed by atoms with van der Waals surface area (Å²) in [6.07, 6.45) is -0.505. The van der Waals surface area contributed by atoms with Gasteiger partial charge in [0.15, 0.2) is 0 Å². The number of benzene rings is 3. The molecule has 0 bridgehead atoms. The van der Waals surface area contributed by atoms with Crippen LogP contribution in [-0.2, 0) is 16.0 Å². The molecule has 30 heavy (non-hydrogen) atoms. The number of halogens is 1. The number of carbonyl (C=O) groups is 2. The lowest BCUT2D eigenvalue weighted by Gasteiger charge is -2.34. The first-order chi connectivity index (χ1) is 14.5. The molecule has 3 aromatic rings. The summed E-state index contributed by atoms with van der Waals surface area (Å²) in [5.74, 6) is -1.08. The minimum Gasteiger partial charge on any atom is -0.480 e. The fourth-order valence-corrected chi connectivity index (χ4v) is 4.36. The maximum atomic E-state index is 12.9. The standard InChI is InChI=1S/C24H20BrNO4/c1-30-24(29)26(21(23(27)28)14-15-10-12-16(25)13-11-15)22-19-8-4-2-6-17(19)18-7-3-5-9-20(18)22/h2-13,21-22H,14H2,1H3,(H,27,28)/t21-/m1/s1. The van der Waals surface area contributed by atoms with Crippen LogP contribution in [0.15, 0.2) is 77.3 Å². The van der Waals surface area contributed by atoms with Gasteiger partial charge in [0, 0.05) is 10.9 Å². The Hall–Kier alpha value is -3.12. The number of ether oxygens (including phenoxy) is 1. The number of nitrogens with zero attached hydrogens (tertiary/aromatic N) is 1. The van der Waals surface area contributed by atoms with Crippen molar-refractivity contribution >= 4 is 28.0 Å². The largest absolute Gasteiger partial charge is 0.480 e. The molecule has 0 spiro atoms. The minimum absolute atomic E-state index is 0.165. The summed E-state index contributed by atoms with van der Waals surface area (Å²) in [7, 11) is 1.28. The second-order valence-electron chi connectivity index (χ2n) is 7.14. The van der Waals surface area contributed by atoms with Crippen LogP contribution in [0.2, 0.25) is 0 Å². The zero-order valence-corrected chi connectivity index (χ0v) is 17.9. The second-order valence-corrected chi connectivity index (χ2v) is 8.05. The van der Waals surface area contributed by atoms with E-state index in [-0.39, 0.29) is 6.42 Å². The van der Waals surface area contributed by atoms with Crippen LogP contribution in [0, 0.1) is 0 Å². The first kappa shape index (κ1) is 20.2. The predicted octanol–water partition coefficient (Wildman–Crippen LogP) is 5.28. The van der Waals surface area contributed by atoms with E-state index >= 15 is 0 Å². The number of carboxylic acid groups (broad SMARTS) is 1. The molecule has 0 unspecified atom stereocenters. The van der Waals surface area contributed by atoms with E-state index in [2.05, 4.69) is 15.9 Å². The van der Waals surface area contributed by atoms with E-state index in [0.29, 0.717) is 0 Å². The highest BCUT2D eigenvalue weighted by Crippen LogP contribution is 2.47. The van der Waals surface area contributed by atoms with Crippen LogP contribution in [0.3, 0.4) is 0 Å². The van der Waals surface area contributed by atoms with Gasteiger partial charge in [-0.15, -0.1) is 0 Å². The van der Waals surface area contributed by atoms with Crippen LogP contribution in [0.5, 0.6) is 0 Å². The van der Waals surface area contributed by atoms with E-state index in [1.54, 1.807) is 0 Å². The third-order valence-corrected chi connectivity index (χ3v) is 5.96. The maximum Gasteiger partial charge on any atom is 0.411 e. The van der Waals surface area contributed by atoms with Crippen LogP contribution in [0.25, 0.3) is 11.1 Å². The predicted molar refractivity (Wildman–Crippen MR) is 117 cm³/mol. The normalized spacial score (nSPS) is 13.3. The van der Waals surface area contributed by atoms with Gasteiger partial charge in [-0.05, 0) is 39.9 Å². The summed E-state index contributed by atoms with van der Waals surface area (Å²) in [6.45, 7) is 0. The molecule has 6 heteroatoms. The van der Waals surface area contributed by atoms with Crippen LogP contribution >= 0.6 is 15.9 Å². The van der Waals surface area contributed by atoms with Crippen LogP contribution < -0.4 is 0 Å². The van der Waals surface area contributed by atoms with Gasteiger partial charge in [-0.3, -0.25) is 4.90 Å². The molecule has 1 N–H and O–H groups in total. The monoisotopic (exact) mass is 465 g/mol. The molecular formula is C24H20BrNO4. The van der Waals surface area contributed by atoms with Gasteiger partial charge in [0.1, 0.15) is 6.04 Å². The smallest absolute Gasteiger partial charge is 0.411 e. The summed E-state index contributed by atoms with van der Waals surface area (Å²) >= 11 is 3.39. The first-order valence-electron chi connectivity index (χ1n) is 9.53. The molecule has 0 fully saturated rings. The number of rotatable bonds is 5. The average molecular weight is 466 g/mol. The molecule has 5 nitrogen and oxygen atoms in total. The third kappa shape index (κ3) is 3.59. The van der Waals surface area contributed by atoms with Crippen molar-refractivity contribution < 1.29 is 19.4 Å². The van der Waals surface area contributed by atoms with Crippen molar-refractivity contribution in [3.8, 4) is 11.1 Å². The maximum absolute atomic E-state index is 12.9. The number of hydrogen-bond donors (Lipinski definition) is 1. The van der Waals surface area contributed by atoms with Crippen molar-refractivity contribution in [2.45, 2.75) is 18.5 Å². The van der Waals surface area contributed by atoms with Crippen molar-refractivity contribution in [2.24, 2.45) is 0 Å². The SMILES string of the molecule is COC(=O)N(C1c2ccccc2-c2ccccc21)[C@H](Cc1ccc(Br)cc1)C(=O)O. The Kier molecular flexibility index (Phi) is 5.59. The van der Waals surface area contributed by atoms with Crippen molar-refractivity contribution in [1.29, 1.82) is 0 Å². The molecule has 152 valence electrons. The van der Waals surface area contributed by atoms with Crippen molar-refractivity contribution in [2.75, 3.05) is 7.11 Å². The first-order valence-corrected chi connectivity index (χ1v) is 10.3. The zero-order valence-electron chi connectivity index (χ0n) is 16.3. The van der Waals surface area contributed by atoms with E-state index < -0.39 is 24.1 Å². The van der Waals surface area contributed by atoms with Gasteiger partial charge in [-0.25, -0.2) is 9.59 Å². The fraction of sp³-hybridized carbons (Fsp3) is 0.167. The Bertz CT molecular complexity index is 1050. The van der Waals surface area contributed by atoms with Crippen molar-refractivity contribution in [3.63, 3.8) is 0 Å². The number of fused-ring (bicyclic) bond motifs is 3. The molecule has 1 amide bonds. The average Bonchev–Trinajstić information content (AvgIpc) is 3.09.